The van der Waals surface area contributed by atoms with Crippen LogP contribution in [0.3, 0.4) is 0 Å². The lowest BCUT2D eigenvalue weighted by Crippen LogP contribution is -2.59. The van der Waals surface area contributed by atoms with Crippen LogP contribution in [0.4, 0.5) is 0 Å². The molecule has 0 bridgehead atoms. The Balaban J connectivity index is 2.11. The van der Waals surface area contributed by atoms with Crippen LogP contribution in [0.2, 0.25) is 0 Å². The van der Waals surface area contributed by atoms with Crippen molar-refractivity contribution in [2.75, 3.05) is 5.75 Å². The number of aromatic nitrogens is 1. The van der Waals surface area contributed by atoms with Crippen molar-refractivity contribution in [2.45, 2.75) is 63.7 Å². The van der Waals surface area contributed by atoms with Crippen LogP contribution in [0.15, 0.2) is 30.5 Å². The first kappa shape index (κ1) is 30.6. The van der Waals surface area contributed by atoms with Crippen molar-refractivity contribution in [1.29, 1.82) is 0 Å². The molecule has 0 fully saturated rings. The number of thiol groups is 1. The van der Waals surface area contributed by atoms with Gasteiger partial charge in [-0.05, 0) is 24.0 Å². The van der Waals surface area contributed by atoms with Gasteiger partial charge in [0.2, 0.25) is 17.7 Å². The van der Waals surface area contributed by atoms with E-state index >= 15 is 0 Å². The lowest BCUT2D eigenvalue weighted by Gasteiger charge is -2.27. The molecule has 5 atom stereocenters. The highest BCUT2D eigenvalue weighted by Gasteiger charge is 2.32. The number of nitrogens with one attached hydrogen (secondary N) is 4. The van der Waals surface area contributed by atoms with Crippen molar-refractivity contribution in [3.8, 4) is 0 Å². The van der Waals surface area contributed by atoms with Crippen LogP contribution in [0.1, 0.15) is 38.7 Å². The Morgan fingerprint density at radius 2 is 1.66 bits per heavy atom. The minimum atomic E-state index is -1.25. The monoisotopic (exact) mass is 549 g/mol. The Labute approximate surface area is 225 Å². The minimum absolute atomic E-state index is 0.0236. The molecule has 12 nitrogen and oxygen atoms in total. The molecular formula is C25H35N5O7S. The second kappa shape index (κ2) is 14.4. The van der Waals surface area contributed by atoms with Gasteiger partial charge in [-0.2, -0.15) is 12.6 Å². The van der Waals surface area contributed by atoms with Crippen LogP contribution in [-0.2, 0) is 30.4 Å². The van der Waals surface area contributed by atoms with Crippen molar-refractivity contribution >= 4 is 53.2 Å². The zero-order valence-corrected chi connectivity index (χ0v) is 22.2. The third-order valence-electron chi connectivity index (χ3n) is 6.33. The number of rotatable bonds is 15. The molecular weight excluding hydrogens is 514 g/mol. The molecule has 208 valence electrons. The van der Waals surface area contributed by atoms with E-state index in [9.17, 15) is 29.1 Å². The number of aliphatic carboxylic acids is 2. The molecule has 1 aromatic carbocycles. The number of H-pyrrole nitrogens is 1. The zero-order valence-electron chi connectivity index (χ0n) is 21.3. The molecule has 38 heavy (non-hydrogen) atoms. The van der Waals surface area contributed by atoms with Gasteiger partial charge in [0.1, 0.15) is 18.1 Å². The Kier molecular flexibility index (Phi) is 11.6. The number of para-hydroxylation sites is 1. The SMILES string of the molecule is CCC(C)C(NC(=O)C(CS)NC(=O)C(N)CCC(=O)O)C(=O)NC(Cc1c[nH]c2ccccc12)C(=O)O. The quantitative estimate of drug-likeness (QED) is 0.146. The van der Waals surface area contributed by atoms with Gasteiger partial charge >= 0.3 is 11.9 Å². The number of carbonyl (C=O) groups excluding carboxylic acids is 3. The molecule has 0 saturated heterocycles. The predicted octanol–water partition coefficient (Wildman–Crippen LogP) is 0.417. The van der Waals surface area contributed by atoms with E-state index in [1.807, 2.05) is 31.2 Å². The molecule has 0 saturated carbocycles. The van der Waals surface area contributed by atoms with Crippen LogP contribution >= 0.6 is 12.6 Å². The van der Waals surface area contributed by atoms with Gasteiger partial charge in [-0.25, -0.2) is 4.79 Å². The summed E-state index contributed by atoms with van der Waals surface area (Å²) in [5.41, 5.74) is 7.26. The highest BCUT2D eigenvalue weighted by Crippen LogP contribution is 2.19. The Morgan fingerprint density at radius 3 is 2.26 bits per heavy atom. The van der Waals surface area contributed by atoms with Crippen molar-refractivity contribution in [3.05, 3.63) is 36.0 Å². The topological polar surface area (TPSA) is 204 Å². The number of carboxylic acid groups (broad SMARTS) is 2. The Hall–Kier alpha value is -3.58. The maximum Gasteiger partial charge on any atom is 0.326 e. The standard InChI is InChI=1S/C25H35N5O7S/c1-3-13(2)21(30-23(34)19(12-38)29-22(33)16(26)8-9-20(31)32)24(35)28-18(25(36)37)10-14-11-27-17-7-5-4-6-15(14)17/h4-7,11,13,16,18-19,21,27,38H,3,8-10,12,26H2,1-2H3,(H,28,35)(H,29,33)(H,30,34)(H,31,32)(H,36,37). The highest BCUT2D eigenvalue weighted by molar-refractivity contribution is 7.80. The van der Waals surface area contributed by atoms with Crippen LogP contribution < -0.4 is 21.7 Å². The number of amides is 3. The summed E-state index contributed by atoms with van der Waals surface area (Å²) in [6.07, 6.45) is 1.78. The summed E-state index contributed by atoms with van der Waals surface area (Å²) in [6, 6.07) is 2.76. The number of carboxylic acids is 2. The van der Waals surface area contributed by atoms with E-state index in [1.165, 1.54) is 0 Å². The number of fused-ring (bicyclic) bond motifs is 1. The van der Waals surface area contributed by atoms with Gasteiger partial charge in [-0.1, -0.05) is 38.5 Å². The van der Waals surface area contributed by atoms with Crippen LogP contribution in [0, 0.1) is 5.92 Å². The maximum atomic E-state index is 13.2. The fourth-order valence-corrected chi connectivity index (χ4v) is 4.08. The van der Waals surface area contributed by atoms with Gasteiger partial charge in [0.15, 0.2) is 0 Å². The number of aromatic amines is 1. The Bertz CT molecular complexity index is 1150. The predicted molar refractivity (Wildman–Crippen MR) is 144 cm³/mol. The summed E-state index contributed by atoms with van der Waals surface area (Å²) < 4.78 is 0. The smallest absolute Gasteiger partial charge is 0.326 e. The molecule has 0 radical (unpaired) electrons. The lowest BCUT2D eigenvalue weighted by molar-refractivity contribution is -0.142. The van der Waals surface area contributed by atoms with Gasteiger partial charge in [0.05, 0.1) is 6.04 Å². The number of hydrogen-bond acceptors (Lipinski definition) is 7. The van der Waals surface area contributed by atoms with E-state index in [0.29, 0.717) is 6.42 Å². The van der Waals surface area contributed by atoms with Gasteiger partial charge < -0.3 is 36.9 Å². The first-order valence-electron chi connectivity index (χ1n) is 12.3. The maximum absolute atomic E-state index is 13.2. The molecule has 2 rings (SSSR count). The average molecular weight is 550 g/mol. The molecule has 8 N–H and O–H groups in total. The molecule has 0 aliphatic carbocycles. The van der Waals surface area contributed by atoms with E-state index in [0.717, 1.165) is 16.5 Å². The third-order valence-corrected chi connectivity index (χ3v) is 6.69. The van der Waals surface area contributed by atoms with E-state index < -0.39 is 53.8 Å². The van der Waals surface area contributed by atoms with Crippen molar-refractivity contribution in [3.63, 3.8) is 0 Å². The van der Waals surface area contributed by atoms with E-state index in [4.69, 9.17) is 10.8 Å². The highest BCUT2D eigenvalue weighted by atomic mass is 32.1. The fourth-order valence-electron chi connectivity index (χ4n) is 3.82. The second-order valence-corrected chi connectivity index (χ2v) is 9.48. The average Bonchev–Trinajstić information content (AvgIpc) is 3.30. The van der Waals surface area contributed by atoms with E-state index in [-0.39, 0.29) is 30.9 Å². The third kappa shape index (κ3) is 8.48. The van der Waals surface area contributed by atoms with Crippen molar-refractivity contribution in [2.24, 2.45) is 11.7 Å². The van der Waals surface area contributed by atoms with Crippen LogP contribution in [0.5, 0.6) is 0 Å². The number of hydrogen-bond donors (Lipinski definition) is 8. The molecule has 3 amide bonds. The largest absolute Gasteiger partial charge is 0.481 e. The van der Waals surface area contributed by atoms with Crippen LogP contribution in [-0.4, -0.2) is 74.8 Å². The summed E-state index contributed by atoms with van der Waals surface area (Å²) >= 11 is 4.10. The first-order valence-corrected chi connectivity index (χ1v) is 12.9. The molecule has 13 heteroatoms. The normalized spacial score (nSPS) is 15.1. The second-order valence-electron chi connectivity index (χ2n) is 9.12. The van der Waals surface area contributed by atoms with E-state index in [1.54, 1.807) is 13.1 Å². The summed E-state index contributed by atoms with van der Waals surface area (Å²) in [5, 5.41) is 26.9. The minimum Gasteiger partial charge on any atom is -0.481 e. The summed E-state index contributed by atoms with van der Waals surface area (Å²) in [6.45, 7) is 3.55. The lowest BCUT2D eigenvalue weighted by atomic mass is 9.97. The molecule has 5 unspecified atom stereocenters. The fraction of sp³-hybridized carbons (Fsp3) is 0.480. The Morgan fingerprint density at radius 1 is 1.00 bits per heavy atom. The zero-order chi connectivity index (χ0) is 28.4. The van der Waals surface area contributed by atoms with Gasteiger partial charge in [0, 0.05) is 35.7 Å². The summed E-state index contributed by atoms with van der Waals surface area (Å²) in [4.78, 5) is 64.2. The summed E-state index contributed by atoms with van der Waals surface area (Å²) in [7, 11) is 0. The molecule has 0 spiro atoms. The van der Waals surface area contributed by atoms with Crippen molar-refractivity contribution in [1.82, 2.24) is 20.9 Å². The van der Waals surface area contributed by atoms with Gasteiger partial charge in [-0.15, -0.1) is 0 Å². The molecule has 0 aliphatic heterocycles. The summed E-state index contributed by atoms with van der Waals surface area (Å²) in [5.74, 6) is -4.93. The molecule has 1 aromatic heterocycles. The van der Waals surface area contributed by atoms with Gasteiger partial charge in [0.25, 0.3) is 0 Å². The number of carbonyl (C=O) groups is 5. The molecule has 0 aliphatic rings. The number of nitrogens with two attached hydrogens (primary N) is 1. The van der Waals surface area contributed by atoms with Gasteiger partial charge in [-0.3, -0.25) is 19.2 Å². The van der Waals surface area contributed by atoms with Crippen LogP contribution in [0.25, 0.3) is 10.9 Å². The molecule has 2 aromatic rings. The first-order chi connectivity index (χ1) is 18.0. The van der Waals surface area contributed by atoms with E-state index in [2.05, 4.69) is 33.6 Å². The van der Waals surface area contributed by atoms with Crippen molar-refractivity contribution < 1.29 is 34.2 Å². The molecule has 1 heterocycles. The number of benzene rings is 1.